The molecular weight excluding hydrogens is 360 g/mol. The normalized spacial score (nSPS) is 14.9. The van der Waals surface area contributed by atoms with Gasteiger partial charge in [0.05, 0.1) is 5.69 Å². The van der Waals surface area contributed by atoms with Crippen LogP contribution in [0.1, 0.15) is 11.4 Å². The summed E-state index contributed by atoms with van der Waals surface area (Å²) in [6.07, 6.45) is 4.04. The fraction of sp³-hybridized carbons (Fsp3) is 0.250. The molecule has 0 amide bonds. The van der Waals surface area contributed by atoms with Crippen LogP contribution in [0.15, 0.2) is 54.7 Å². The van der Waals surface area contributed by atoms with Gasteiger partial charge >= 0.3 is 0 Å². The standard InChI is InChI=1S/C20H21ClN6/c1-16-5-7-18(8-6-16)27-20(22-23-24-27)9-10-25-11-13-26(14-12-25)19-4-2-3-17(21)15-19/h2-10,15H,11-14H2,1H3. The van der Waals surface area contributed by atoms with Crippen LogP contribution in [0.25, 0.3) is 11.8 Å². The third-order valence-corrected chi connectivity index (χ3v) is 4.93. The molecule has 1 fully saturated rings. The summed E-state index contributed by atoms with van der Waals surface area (Å²) in [5.41, 5.74) is 3.34. The van der Waals surface area contributed by atoms with Gasteiger partial charge in [-0.25, -0.2) is 0 Å². The lowest BCUT2D eigenvalue weighted by Crippen LogP contribution is -2.44. The zero-order chi connectivity index (χ0) is 18.6. The molecule has 0 N–H and O–H groups in total. The highest BCUT2D eigenvalue weighted by Crippen LogP contribution is 2.21. The molecule has 0 spiro atoms. The van der Waals surface area contributed by atoms with E-state index in [9.17, 15) is 0 Å². The minimum atomic E-state index is 0.719. The van der Waals surface area contributed by atoms with Crippen molar-refractivity contribution in [3.8, 4) is 5.69 Å². The number of anilines is 1. The van der Waals surface area contributed by atoms with Crippen LogP contribution < -0.4 is 4.90 Å². The number of tetrazole rings is 1. The van der Waals surface area contributed by atoms with Gasteiger partial charge < -0.3 is 9.80 Å². The molecule has 27 heavy (non-hydrogen) atoms. The van der Waals surface area contributed by atoms with Crippen molar-refractivity contribution in [3.63, 3.8) is 0 Å². The van der Waals surface area contributed by atoms with Crippen LogP contribution in [0.2, 0.25) is 5.02 Å². The smallest absolute Gasteiger partial charge is 0.181 e. The Bertz CT molecular complexity index is 926. The van der Waals surface area contributed by atoms with Gasteiger partial charge in [0.25, 0.3) is 0 Å². The molecule has 7 heteroatoms. The Morgan fingerprint density at radius 2 is 1.74 bits per heavy atom. The Morgan fingerprint density at radius 1 is 0.963 bits per heavy atom. The van der Waals surface area contributed by atoms with Crippen molar-refractivity contribution in [2.24, 2.45) is 0 Å². The summed E-state index contributed by atoms with van der Waals surface area (Å²) in [7, 11) is 0. The van der Waals surface area contributed by atoms with Gasteiger partial charge in [-0.05, 0) is 47.7 Å². The van der Waals surface area contributed by atoms with E-state index in [0.717, 1.165) is 42.7 Å². The largest absolute Gasteiger partial charge is 0.374 e. The van der Waals surface area contributed by atoms with E-state index in [4.69, 9.17) is 11.6 Å². The maximum Gasteiger partial charge on any atom is 0.181 e. The van der Waals surface area contributed by atoms with Crippen molar-refractivity contribution in [2.75, 3.05) is 31.1 Å². The predicted molar refractivity (Wildman–Crippen MR) is 108 cm³/mol. The van der Waals surface area contributed by atoms with Gasteiger partial charge in [0.2, 0.25) is 0 Å². The van der Waals surface area contributed by atoms with E-state index in [2.05, 4.69) is 56.6 Å². The number of rotatable bonds is 4. The van der Waals surface area contributed by atoms with Crippen molar-refractivity contribution < 1.29 is 0 Å². The van der Waals surface area contributed by atoms with Gasteiger partial charge in [-0.15, -0.1) is 5.10 Å². The number of aryl methyl sites for hydroxylation is 1. The van der Waals surface area contributed by atoms with Gasteiger partial charge in [-0.2, -0.15) is 4.68 Å². The van der Waals surface area contributed by atoms with E-state index in [-0.39, 0.29) is 0 Å². The quantitative estimate of drug-likeness (QED) is 0.694. The topological polar surface area (TPSA) is 50.1 Å². The molecule has 1 saturated heterocycles. The highest BCUT2D eigenvalue weighted by molar-refractivity contribution is 6.30. The lowest BCUT2D eigenvalue weighted by Gasteiger charge is -2.35. The first-order valence-electron chi connectivity index (χ1n) is 8.97. The number of hydrogen-bond donors (Lipinski definition) is 0. The highest BCUT2D eigenvalue weighted by atomic mass is 35.5. The summed E-state index contributed by atoms with van der Waals surface area (Å²) in [6, 6.07) is 16.2. The number of halogens is 1. The third-order valence-electron chi connectivity index (χ3n) is 4.69. The molecule has 0 aliphatic carbocycles. The summed E-state index contributed by atoms with van der Waals surface area (Å²) in [5, 5.41) is 12.8. The van der Waals surface area contributed by atoms with Crippen molar-refractivity contribution in [3.05, 3.63) is 71.1 Å². The second kappa shape index (κ2) is 7.80. The third kappa shape index (κ3) is 4.11. The van der Waals surface area contributed by atoms with E-state index < -0.39 is 0 Å². The van der Waals surface area contributed by atoms with Gasteiger partial charge in [0.1, 0.15) is 0 Å². The maximum atomic E-state index is 6.10. The molecule has 1 aromatic heterocycles. The van der Waals surface area contributed by atoms with E-state index in [1.807, 2.05) is 36.4 Å². The molecule has 0 radical (unpaired) electrons. The Morgan fingerprint density at radius 3 is 2.48 bits per heavy atom. The number of nitrogens with zero attached hydrogens (tertiary/aromatic N) is 6. The van der Waals surface area contributed by atoms with Crippen molar-refractivity contribution in [1.82, 2.24) is 25.1 Å². The van der Waals surface area contributed by atoms with Crippen LogP contribution in [-0.4, -0.2) is 51.3 Å². The van der Waals surface area contributed by atoms with Crippen LogP contribution in [0, 0.1) is 6.92 Å². The first kappa shape index (κ1) is 17.5. The molecule has 0 bridgehead atoms. The number of aromatic nitrogens is 4. The molecule has 6 nitrogen and oxygen atoms in total. The Balaban J connectivity index is 1.40. The predicted octanol–water partition coefficient (Wildman–Crippen LogP) is 3.42. The monoisotopic (exact) mass is 380 g/mol. The highest BCUT2D eigenvalue weighted by Gasteiger charge is 2.15. The first-order valence-corrected chi connectivity index (χ1v) is 9.35. The lowest BCUT2D eigenvalue weighted by molar-refractivity contribution is 0.351. The Kier molecular flexibility index (Phi) is 5.07. The number of benzene rings is 2. The fourth-order valence-electron chi connectivity index (χ4n) is 3.14. The first-order chi connectivity index (χ1) is 13.2. The Hall–Kier alpha value is -2.86. The van der Waals surface area contributed by atoms with Crippen LogP contribution in [0.4, 0.5) is 5.69 Å². The molecule has 3 aromatic rings. The number of hydrogen-bond acceptors (Lipinski definition) is 5. The summed E-state index contributed by atoms with van der Waals surface area (Å²) < 4.78 is 1.75. The van der Waals surface area contributed by atoms with Crippen LogP contribution >= 0.6 is 11.6 Å². The van der Waals surface area contributed by atoms with Gasteiger partial charge in [-0.1, -0.05) is 35.4 Å². The molecule has 0 unspecified atom stereocenters. The minimum absolute atomic E-state index is 0.719. The lowest BCUT2D eigenvalue weighted by atomic mass is 10.2. The van der Waals surface area contributed by atoms with Gasteiger partial charge in [0, 0.05) is 49.2 Å². The summed E-state index contributed by atoms with van der Waals surface area (Å²) in [6.45, 7) is 5.85. The second-order valence-electron chi connectivity index (χ2n) is 6.60. The molecule has 1 aliphatic rings. The zero-order valence-corrected chi connectivity index (χ0v) is 15.9. The Labute approximate surface area is 163 Å². The molecule has 0 atom stereocenters. The van der Waals surface area contributed by atoms with Gasteiger partial charge in [0.15, 0.2) is 5.82 Å². The van der Waals surface area contributed by atoms with E-state index in [1.54, 1.807) is 4.68 Å². The average molecular weight is 381 g/mol. The maximum absolute atomic E-state index is 6.10. The molecule has 1 aliphatic heterocycles. The van der Waals surface area contributed by atoms with Crippen molar-refractivity contribution in [2.45, 2.75) is 6.92 Å². The van der Waals surface area contributed by atoms with Crippen molar-refractivity contribution >= 4 is 23.4 Å². The van der Waals surface area contributed by atoms with E-state index >= 15 is 0 Å². The van der Waals surface area contributed by atoms with E-state index in [1.165, 1.54) is 11.3 Å². The molecule has 138 valence electrons. The molecule has 2 heterocycles. The average Bonchev–Trinajstić information content (AvgIpc) is 3.16. The molecule has 4 rings (SSSR count). The SMILES string of the molecule is Cc1ccc(-n2nnnc2C=CN2CCN(c3cccc(Cl)c3)CC2)cc1. The second-order valence-corrected chi connectivity index (χ2v) is 7.04. The van der Waals surface area contributed by atoms with Crippen LogP contribution in [0.3, 0.4) is 0 Å². The van der Waals surface area contributed by atoms with Crippen molar-refractivity contribution in [1.29, 1.82) is 0 Å². The minimum Gasteiger partial charge on any atom is -0.374 e. The van der Waals surface area contributed by atoms with Gasteiger partial charge in [-0.3, -0.25) is 0 Å². The molecule has 0 saturated carbocycles. The summed E-state index contributed by atoms with van der Waals surface area (Å²) >= 11 is 6.10. The fourth-order valence-corrected chi connectivity index (χ4v) is 3.33. The van der Waals surface area contributed by atoms with E-state index in [0.29, 0.717) is 0 Å². The molecular formula is C20H21ClN6. The zero-order valence-electron chi connectivity index (χ0n) is 15.2. The van der Waals surface area contributed by atoms with Crippen LogP contribution in [0.5, 0.6) is 0 Å². The number of piperazine rings is 1. The molecule has 2 aromatic carbocycles. The summed E-state index contributed by atoms with van der Waals surface area (Å²) in [4.78, 5) is 4.64. The van der Waals surface area contributed by atoms with Crippen LogP contribution in [-0.2, 0) is 0 Å². The summed E-state index contributed by atoms with van der Waals surface area (Å²) in [5.74, 6) is 0.719.